The van der Waals surface area contributed by atoms with Crippen LogP contribution in [-0.4, -0.2) is 31.2 Å². The lowest BCUT2D eigenvalue weighted by atomic mass is 10.2. The molecule has 0 saturated heterocycles. The molecule has 26 heavy (non-hydrogen) atoms. The smallest absolute Gasteiger partial charge is 0.243 e. The van der Waals surface area contributed by atoms with E-state index in [0.29, 0.717) is 15.6 Å². The third kappa shape index (κ3) is 4.98. The van der Waals surface area contributed by atoms with E-state index >= 15 is 0 Å². The van der Waals surface area contributed by atoms with Crippen molar-refractivity contribution in [1.82, 2.24) is 9.62 Å². The molecule has 0 spiro atoms. The summed E-state index contributed by atoms with van der Waals surface area (Å²) in [5, 5.41) is 3.77. The van der Waals surface area contributed by atoms with Gasteiger partial charge in [-0.05, 0) is 54.8 Å². The Hall–Kier alpha value is -1.60. The van der Waals surface area contributed by atoms with E-state index in [2.05, 4.69) is 5.32 Å². The van der Waals surface area contributed by atoms with Crippen LogP contribution in [0.15, 0.2) is 53.4 Å². The summed E-state index contributed by atoms with van der Waals surface area (Å²) in [6.45, 7) is -0.211. The number of carbonyl (C=O) groups is 1. The van der Waals surface area contributed by atoms with Crippen molar-refractivity contribution in [2.75, 3.05) is 6.54 Å². The largest absolute Gasteiger partial charge is 0.352 e. The summed E-state index contributed by atoms with van der Waals surface area (Å²) in [6.07, 6.45) is 1.87. The van der Waals surface area contributed by atoms with Crippen LogP contribution in [0.1, 0.15) is 18.4 Å². The molecule has 2 aromatic carbocycles. The van der Waals surface area contributed by atoms with E-state index in [9.17, 15) is 13.2 Å². The highest BCUT2D eigenvalue weighted by Crippen LogP contribution is 2.22. The Labute approximate surface area is 163 Å². The van der Waals surface area contributed by atoms with Gasteiger partial charge in [0.2, 0.25) is 15.9 Å². The summed E-state index contributed by atoms with van der Waals surface area (Å²) in [6, 6.07) is 13.0. The average Bonchev–Trinajstić information content (AvgIpc) is 3.38. The van der Waals surface area contributed by atoms with Crippen molar-refractivity contribution < 1.29 is 13.2 Å². The first-order valence-electron chi connectivity index (χ1n) is 8.14. The molecule has 0 atom stereocenters. The van der Waals surface area contributed by atoms with Crippen LogP contribution in [0.2, 0.25) is 10.0 Å². The van der Waals surface area contributed by atoms with E-state index in [-0.39, 0.29) is 29.9 Å². The molecule has 1 fully saturated rings. The Morgan fingerprint density at radius 1 is 1.08 bits per heavy atom. The number of nitrogens with zero attached hydrogens (tertiary/aromatic N) is 1. The Bertz CT molecular complexity index is 897. The standard InChI is InChI=1S/C18H18Cl2N2O3S/c19-14-4-8-17(9-5-14)26(24,25)22(12-18(23)21-16-6-7-16)11-13-2-1-3-15(20)10-13/h1-5,8-10,16H,6-7,11-12H2,(H,21,23). The minimum atomic E-state index is -3.87. The molecule has 1 amide bonds. The number of nitrogens with one attached hydrogen (secondary N) is 1. The van der Waals surface area contributed by atoms with Gasteiger partial charge in [-0.1, -0.05) is 35.3 Å². The molecule has 0 radical (unpaired) electrons. The van der Waals surface area contributed by atoms with Crippen molar-refractivity contribution >= 4 is 39.1 Å². The first-order valence-corrected chi connectivity index (χ1v) is 10.3. The number of halogens is 2. The molecule has 1 aliphatic carbocycles. The van der Waals surface area contributed by atoms with Crippen molar-refractivity contribution in [3.63, 3.8) is 0 Å². The highest BCUT2D eigenvalue weighted by atomic mass is 35.5. The normalized spacial score (nSPS) is 14.4. The van der Waals surface area contributed by atoms with Gasteiger partial charge >= 0.3 is 0 Å². The summed E-state index contributed by atoms with van der Waals surface area (Å²) < 4.78 is 27.2. The minimum Gasteiger partial charge on any atom is -0.352 e. The maximum absolute atomic E-state index is 13.0. The predicted octanol–water partition coefficient (Wildman–Crippen LogP) is 3.46. The van der Waals surface area contributed by atoms with Crippen LogP contribution in [0, 0.1) is 0 Å². The van der Waals surface area contributed by atoms with Gasteiger partial charge in [0, 0.05) is 22.6 Å². The summed E-state index contributed by atoms with van der Waals surface area (Å²) in [4.78, 5) is 12.3. The summed E-state index contributed by atoms with van der Waals surface area (Å²) >= 11 is 11.8. The number of hydrogen-bond acceptors (Lipinski definition) is 3. The monoisotopic (exact) mass is 412 g/mol. The molecule has 1 saturated carbocycles. The SMILES string of the molecule is O=C(CN(Cc1cccc(Cl)c1)S(=O)(=O)c1ccc(Cl)cc1)NC1CC1. The average molecular weight is 413 g/mol. The van der Waals surface area contributed by atoms with Crippen LogP contribution in [-0.2, 0) is 21.4 Å². The predicted molar refractivity (Wildman–Crippen MR) is 102 cm³/mol. The summed E-state index contributed by atoms with van der Waals surface area (Å²) in [5.41, 5.74) is 0.703. The molecule has 0 unspecified atom stereocenters. The number of carbonyl (C=O) groups excluding carboxylic acids is 1. The topological polar surface area (TPSA) is 66.5 Å². The van der Waals surface area contributed by atoms with Crippen molar-refractivity contribution in [1.29, 1.82) is 0 Å². The van der Waals surface area contributed by atoms with Crippen molar-refractivity contribution in [2.45, 2.75) is 30.3 Å². The van der Waals surface area contributed by atoms with Gasteiger partial charge in [0.1, 0.15) is 0 Å². The maximum Gasteiger partial charge on any atom is 0.243 e. The van der Waals surface area contributed by atoms with Gasteiger partial charge in [-0.2, -0.15) is 4.31 Å². The van der Waals surface area contributed by atoms with Crippen LogP contribution >= 0.6 is 23.2 Å². The van der Waals surface area contributed by atoms with Crippen LogP contribution in [0.3, 0.4) is 0 Å². The quantitative estimate of drug-likeness (QED) is 0.756. The molecule has 2 aromatic rings. The third-order valence-corrected chi connectivity index (χ3v) is 6.25. The highest BCUT2D eigenvalue weighted by molar-refractivity contribution is 7.89. The first-order chi connectivity index (χ1) is 12.3. The number of rotatable bonds is 7. The molecule has 0 aromatic heterocycles. The molecule has 1 aliphatic rings. The van der Waals surface area contributed by atoms with E-state index in [0.717, 1.165) is 17.1 Å². The Morgan fingerprint density at radius 3 is 2.38 bits per heavy atom. The van der Waals surface area contributed by atoms with Crippen LogP contribution in [0.5, 0.6) is 0 Å². The fourth-order valence-electron chi connectivity index (χ4n) is 2.48. The number of amides is 1. The van der Waals surface area contributed by atoms with Gasteiger partial charge in [0.25, 0.3) is 0 Å². The van der Waals surface area contributed by atoms with Crippen LogP contribution in [0.25, 0.3) is 0 Å². The zero-order valence-electron chi connectivity index (χ0n) is 13.9. The summed E-state index contributed by atoms with van der Waals surface area (Å²) in [5.74, 6) is -0.313. The molecule has 8 heteroatoms. The molecule has 1 N–H and O–H groups in total. The second kappa shape index (κ2) is 7.96. The molecule has 0 aliphatic heterocycles. The fraction of sp³-hybridized carbons (Fsp3) is 0.278. The molecular formula is C18H18Cl2N2O3S. The maximum atomic E-state index is 13.0. The second-order valence-corrected chi connectivity index (χ2v) is 9.01. The van der Waals surface area contributed by atoms with Crippen LogP contribution in [0.4, 0.5) is 0 Å². The second-order valence-electron chi connectivity index (χ2n) is 6.20. The van der Waals surface area contributed by atoms with Gasteiger partial charge in [-0.15, -0.1) is 0 Å². The molecule has 3 rings (SSSR count). The van der Waals surface area contributed by atoms with Crippen LogP contribution < -0.4 is 5.32 Å². The zero-order chi connectivity index (χ0) is 18.7. The molecule has 5 nitrogen and oxygen atoms in total. The highest BCUT2D eigenvalue weighted by Gasteiger charge is 2.29. The number of hydrogen-bond donors (Lipinski definition) is 1. The van der Waals surface area contributed by atoms with Gasteiger partial charge in [-0.25, -0.2) is 8.42 Å². The lowest BCUT2D eigenvalue weighted by molar-refractivity contribution is -0.121. The van der Waals surface area contributed by atoms with Gasteiger partial charge in [0.15, 0.2) is 0 Å². The molecule has 0 bridgehead atoms. The van der Waals surface area contributed by atoms with E-state index in [1.807, 2.05) is 0 Å². The lowest BCUT2D eigenvalue weighted by Crippen LogP contribution is -2.41. The van der Waals surface area contributed by atoms with E-state index < -0.39 is 10.0 Å². The third-order valence-electron chi connectivity index (χ3n) is 3.96. The number of sulfonamides is 1. The van der Waals surface area contributed by atoms with E-state index in [1.54, 1.807) is 24.3 Å². The fourth-order valence-corrected chi connectivity index (χ4v) is 4.20. The zero-order valence-corrected chi connectivity index (χ0v) is 16.2. The summed E-state index contributed by atoms with van der Waals surface area (Å²) in [7, 11) is -3.87. The van der Waals surface area contributed by atoms with Gasteiger partial charge in [0.05, 0.1) is 11.4 Å². The van der Waals surface area contributed by atoms with E-state index in [4.69, 9.17) is 23.2 Å². The van der Waals surface area contributed by atoms with Crippen molar-refractivity contribution in [3.05, 3.63) is 64.1 Å². The van der Waals surface area contributed by atoms with Crippen molar-refractivity contribution in [2.24, 2.45) is 0 Å². The minimum absolute atomic E-state index is 0.0452. The first kappa shape index (κ1) is 19.2. The molecule has 0 heterocycles. The van der Waals surface area contributed by atoms with Gasteiger partial charge < -0.3 is 5.32 Å². The Morgan fingerprint density at radius 2 is 1.77 bits per heavy atom. The lowest BCUT2D eigenvalue weighted by Gasteiger charge is -2.22. The molecule has 138 valence electrons. The van der Waals surface area contributed by atoms with Gasteiger partial charge in [-0.3, -0.25) is 4.79 Å². The Kier molecular flexibility index (Phi) is 5.87. The molecular weight excluding hydrogens is 395 g/mol. The number of benzene rings is 2. The van der Waals surface area contributed by atoms with E-state index in [1.165, 1.54) is 24.3 Å². The Balaban J connectivity index is 1.87. The van der Waals surface area contributed by atoms with Crippen molar-refractivity contribution in [3.8, 4) is 0 Å².